The van der Waals surface area contributed by atoms with Crippen molar-refractivity contribution in [3.63, 3.8) is 0 Å². The van der Waals surface area contributed by atoms with Crippen molar-refractivity contribution in [2.45, 2.75) is 6.61 Å². The van der Waals surface area contributed by atoms with E-state index in [2.05, 4.69) is 14.3 Å². The van der Waals surface area contributed by atoms with Crippen LogP contribution in [-0.2, 0) is 11.3 Å². The second-order valence-corrected chi connectivity index (χ2v) is 5.31. The fraction of sp³-hybridized carbons (Fsp3) is 0.0714. The highest BCUT2D eigenvalue weighted by atomic mass is 32.1. The van der Waals surface area contributed by atoms with Crippen LogP contribution in [0.25, 0.3) is 10.2 Å². The molecule has 4 nitrogen and oxygen atoms in total. The van der Waals surface area contributed by atoms with E-state index in [4.69, 9.17) is 0 Å². The zero-order valence-electron chi connectivity index (χ0n) is 11.4. The summed E-state index contributed by atoms with van der Waals surface area (Å²) in [4.78, 5) is 12.0. The molecular formula is C14H5F5N2O2S. The van der Waals surface area contributed by atoms with Gasteiger partial charge in [-0.1, -0.05) is 10.6 Å². The van der Waals surface area contributed by atoms with Gasteiger partial charge < -0.3 is 4.74 Å². The summed E-state index contributed by atoms with van der Waals surface area (Å²) in [6.07, 6.45) is 0. The van der Waals surface area contributed by atoms with Gasteiger partial charge in [-0.15, -0.1) is 5.10 Å². The maximum Gasteiger partial charge on any atom is 0.340 e. The molecule has 0 fully saturated rings. The lowest BCUT2D eigenvalue weighted by molar-refractivity contribution is 0.0464. The molecule has 0 N–H and O–H groups in total. The van der Waals surface area contributed by atoms with E-state index in [0.29, 0.717) is 10.2 Å². The SMILES string of the molecule is O=C(OCc1c(F)c(F)c(F)c(F)c1F)c1cccc2nnsc12. The highest BCUT2D eigenvalue weighted by Gasteiger charge is 2.26. The number of hydrogen-bond donors (Lipinski definition) is 0. The molecule has 0 radical (unpaired) electrons. The molecule has 10 heteroatoms. The first-order valence-corrected chi connectivity index (χ1v) is 7.07. The maximum absolute atomic E-state index is 13.5. The third-order valence-electron chi connectivity index (χ3n) is 3.14. The van der Waals surface area contributed by atoms with Crippen LogP contribution < -0.4 is 0 Å². The van der Waals surface area contributed by atoms with Gasteiger partial charge in [0.15, 0.2) is 23.3 Å². The Labute approximate surface area is 134 Å². The molecule has 0 atom stereocenters. The minimum Gasteiger partial charge on any atom is -0.457 e. The van der Waals surface area contributed by atoms with E-state index in [1.54, 1.807) is 6.07 Å². The summed E-state index contributed by atoms with van der Waals surface area (Å²) >= 11 is 0.897. The number of nitrogens with zero attached hydrogens (tertiary/aromatic N) is 2. The molecule has 0 amide bonds. The fourth-order valence-corrected chi connectivity index (χ4v) is 2.62. The lowest BCUT2D eigenvalue weighted by Crippen LogP contribution is -2.11. The van der Waals surface area contributed by atoms with Crippen molar-refractivity contribution in [2.24, 2.45) is 0 Å². The zero-order chi connectivity index (χ0) is 17.4. The van der Waals surface area contributed by atoms with Crippen LogP contribution in [0.3, 0.4) is 0 Å². The predicted octanol–water partition coefficient (Wildman–Crippen LogP) is 3.74. The predicted molar refractivity (Wildman–Crippen MR) is 72.8 cm³/mol. The average molecular weight is 360 g/mol. The first kappa shape index (κ1) is 16.2. The molecule has 0 aliphatic rings. The first-order valence-electron chi connectivity index (χ1n) is 6.30. The molecule has 0 aliphatic carbocycles. The summed E-state index contributed by atoms with van der Waals surface area (Å²) < 4.78 is 74.9. The molecule has 2 aromatic carbocycles. The molecule has 0 bridgehead atoms. The molecule has 3 aromatic rings. The van der Waals surface area contributed by atoms with Crippen LogP contribution in [0, 0.1) is 29.1 Å². The summed E-state index contributed by atoms with van der Waals surface area (Å²) in [6, 6.07) is 4.43. The van der Waals surface area contributed by atoms with Gasteiger partial charge in [0.05, 0.1) is 15.8 Å². The molecule has 124 valence electrons. The number of esters is 1. The number of halogens is 5. The van der Waals surface area contributed by atoms with Crippen LogP contribution in [0.1, 0.15) is 15.9 Å². The Balaban J connectivity index is 1.89. The Hall–Kier alpha value is -2.62. The number of aromatic nitrogens is 2. The number of rotatable bonds is 3. The van der Waals surface area contributed by atoms with Gasteiger partial charge in [0, 0.05) is 0 Å². The number of fused-ring (bicyclic) bond motifs is 1. The van der Waals surface area contributed by atoms with E-state index in [1.165, 1.54) is 12.1 Å². The van der Waals surface area contributed by atoms with E-state index in [-0.39, 0.29) is 5.56 Å². The molecule has 1 heterocycles. The Bertz CT molecular complexity index is 931. The number of hydrogen-bond acceptors (Lipinski definition) is 5. The summed E-state index contributed by atoms with van der Waals surface area (Å²) in [5, 5.41) is 3.74. The number of carbonyl (C=O) groups excluding carboxylic acids is 1. The van der Waals surface area contributed by atoms with E-state index in [1.807, 2.05) is 0 Å². The van der Waals surface area contributed by atoms with Crippen molar-refractivity contribution in [2.75, 3.05) is 0 Å². The van der Waals surface area contributed by atoms with Gasteiger partial charge in [0.25, 0.3) is 0 Å². The largest absolute Gasteiger partial charge is 0.457 e. The van der Waals surface area contributed by atoms with Crippen LogP contribution >= 0.6 is 11.5 Å². The van der Waals surface area contributed by atoms with Crippen LogP contribution in [0.15, 0.2) is 18.2 Å². The second kappa shape index (κ2) is 6.11. The molecule has 0 saturated carbocycles. The van der Waals surface area contributed by atoms with Crippen LogP contribution in [0.4, 0.5) is 22.0 Å². The minimum absolute atomic E-state index is 0.0198. The Morgan fingerprint density at radius 1 is 1.00 bits per heavy atom. The van der Waals surface area contributed by atoms with Gasteiger partial charge in [-0.05, 0) is 23.7 Å². The lowest BCUT2D eigenvalue weighted by atomic mass is 10.1. The Morgan fingerprint density at radius 2 is 1.62 bits per heavy atom. The van der Waals surface area contributed by atoms with Crippen LogP contribution in [0.5, 0.6) is 0 Å². The molecule has 1 aromatic heterocycles. The van der Waals surface area contributed by atoms with Gasteiger partial charge in [-0.25, -0.2) is 26.7 Å². The first-order chi connectivity index (χ1) is 11.4. The Morgan fingerprint density at radius 3 is 2.29 bits per heavy atom. The number of carbonyl (C=O) groups is 1. The highest BCUT2D eigenvalue weighted by Crippen LogP contribution is 2.25. The normalized spacial score (nSPS) is 11.0. The minimum atomic E-state index is -2.28. The van der Waals surface area contributed by atoms with Gasteiger partial charge in [-0.3, -0.25) is 0 Å². The Kier molecular flexibility index (Phi) is 4.14. The summed E-state index contributed by atoms with van der Waals surface area (Å²) in [5.74, 6) is -11.6. The van der Waals surface area contributed by atoms with Gasteiger partial charge in [-0.2, -0.15) is 0 Å². The molecule has 0 aliphatic heterocycles. The molecule has 24 heavy (non-hydrogen) atoms. The van der Waals surface area contributed by atoms with Crippen molar-refractivity contribution in [3.05, 3.63) is 58.4 Å². The molecule has 0 saturated heterocycles. The van der Waals surface area contributed by atoms with E-state index >= 15 is 0 Å². The molecule has 0 unspecified atom stereocenters. The van der Waals surface area contributed by atoms with Crippen molar-refractivity contribution in [1.82, 2.24) is 9.59 Å². The quantitative estimate of drug-likeness (QED) is 0.309. The van der Waals surface area contributed by atoms with Crippen molar-refractivity contribution >= 4 is 27.7 Å². The van der Waals surface area contributed by atoms with E-state index < -0.39 is 47.2 Å². The van der Waals surface area contributed by atoms with Gasteiger partial charge in [0.1, 0.15) is 12.1 Å². The smallest absolute Gasteiger partial charge is 0.340 e. The maximum atomic E-state index is 13.5. The number of benzene rings is 2. The standard InChI is InChI=1S/C14H5F5N2O2S/c15-8-6(9(16)11(18)12(19)10(8)17)4-23-14(22)5-2-1-3-7-13(5)24-21-20-7/h1-3H,4H2. The second-order valence-electron chi connectivity index (χ2n) is 4.55. The van der Waals surface area contributed by atoms with Crippen LogP contribution in [0.2, 0.25) is 0 Å². The number of ether oxygens (including phenoxy) is 1. The monoisotopic (exact) mass is 360 g/mol. The van der Waals surface area contributed by atoms with Gasteiger partial charge >= 0.3 is 5.97 Å². The highest BCUT2D eigenvalue weighted by molar-refractivity contribution is 7.13. The third kappa shape index (κ3) is 2.58. The summed E-state index contributed by atoms with van der Waals surface area (Å²) in [7, 11) is 0. The molecular weight excluding hydrogens is 355 g/mol. The molecule has 3 rings (SSSR count). The lowest BCUT2D eigenvalue weighted by Gasteiger charge is -2.09. The zero-order valence-corrected chi connectivity index (χ0v) is 12.3. The third-order valence-corrected chi connectivity index (χ3v) is 3.92. The van der Waals surface area contributed by atoms with Crippen LogP contribution in [-0.4, -0.2) is 15.6 Å². The van der Waals surface area contributed by atoms with Gasteiger partial charge in [0.2, 0.25) is 5.82 Å². The van der Waals surface area contributed by atoms with E-state index in [0.717, 1.165) is 11.5 Å². The summed E-state index contributed by atoms with van der Waals surface area (Å²) in [5.41, 5.74) is -0.800. The topological polar surface area (TPSA) is 52.1 Å². The summed E-state index contributed by atoms with van der Waals surface area (Å²) in [6.45, 7) is -1.12. The van der Waals surface area contributed by atoms with Crippen molar-refractivity contribution in [1.29, 1.82) is 0 Å². The van der Waals surface area contributed by atoms with E-state index in [9.17, 15) is 26.7 Å². The van der Waals surface area contributed by atoms with Crippen molar-refractivity contribution in [3.8, 4) is 0 Å². The van der Waals surface area contributed by atoms with Crippen molar-refractivity contribution < 1.29 is 31.5 Å². The average Bonchev–Trinajstić information content (AvgIpc) is 3.06. The fourth-order valence-electron chi connectivity index (χ4n) is 1.96. The molecule has 0 spiro atoms.